The minimum Gasteiger partial charge on any atom is -0.402 e. The van der Waals surface area contributed by atoms with Crippen LogP contribution in [-0.2, 0) is 30.9 Å². The number of hydrogen-bond donors (Lipinski definition) is 3. The van der Waals surface area contributed by atoms with Gasteiger partial charge in [0.2, 0.25) is 5.91 Å². The fraction of sp³-hybridized carbons (Fsp3) is 0.607. The number of carbonyl (C=O) groups excluding carboxylic acids is 1. The number of hydrogen-bond acceptors (Lipinski definition) is 7. The predicted octanol–water partition coefficient (Wildman–Crippen LogP) is 3.40. The van der Waals surface area contributed by atoms with Gasteiger partial charge < -0.3 is 14.6 Å². The van der Waals surface area contributed by atoms with Crippen LogP contribution in [0, 0.1) is 11.7 Å². The van der Waals surface area contributed by atoms with E-state index in [4.69, 9.17) is 9.31 Å². The number of anilines is 1. The van der Waals surface area contributed by atoms with Gasteiger partial charge >= 0.3 is 7.12 Å². The van der Waals surface area contributed by atoms with Gasteiger partial charge in [-0.25, -0.2) is 9.37 Å². The fourth-order valence-corrected chi connectivity index (χ4v) is 6.27. The Balaban J connectivity index is 1.62. The van der Waals surface area contributed by atoms with Crippen molar-refractivity contribution in [2.24, 2.45) is 5.92 Å². The van der Waals surface area contributed by atoms with Crippen LogP contribution in [0.1, 0.15) is 73.6 Å². The lowest BCUT2D eigenvalue weighted by atomic mass is 9.72. The zero-order valence-corrected chi connectivity index (χ0v) is 25.9. The molecule has 0 radical (unpaired) electrons. The van der Waals surface area contributed by atoms with Gasteiger partial charge in [0.05, 0.1) is 23.3 Å². The average molecular weight is 606 g/mol. The van der Waals surface area contributed by atoms with Gasteiger partial charge in [0.15, 0.2) is 0 Å². The van der Waals surface area contributed by atoms with Crippen LogP contribution >= 0.6 is 0 Å². The molecule has 0 spiro atoms. The highest BCUT2D eigenvalue weighted by molar-refractivity contribution is 7.90. The normalized spacial score (nSPS) is 19.6. The predicted molar refractivity (Wildman–Crippen MR) is 159 cm³/mol. The SMILES string of the molecule is CC(C)C(NC(=O)Cn1c(-c2ccc(F)cc2)ncc(NS(=O)(=O)NC2CCCCC2)c1=O)B1OC(C)(C)C(C)(C)O1. The van der Waals surface area contributed by atoms with Crippen LogP contribution in [0.4, 0.5) is 10.1 Å². The second-order valence-corrected chi connectivity index (χ2v) is 13.9. The van der Waals surface area contributed by atoms with Gasteiger partial charge in [0, 0.05) is 11.6 Å². The van der Waals surface area contributed by atoms with Crippen LogP contribution in [0.25, 0.3) is 11.4 Å². The molecule has 1 aromatic carbocycles. The van der Waals surface area contributed by atoms with Crippen molar-refractivity contribution < 1.29 is 26.9 Å². The number of nitrogens with one attached hydrogen (secondary N) is 3. The smallest absolute Gasteiger partial charge is 0.402 e. The Morgan fingerprint density at radius 3 is 2.26 bits per heavy atom. The monoisotopic (exact) mass is 605 g/mol. The van der Waals surface area contributed by atoms with Crippen LogP contribution in [0.3, 0.4) is 0 Å². The Morgan fingerprint density at radius 1 is 1.10 bits per heavy atom. The molecule has 3 N–H and O–H groups in total. The van der Waals surface area contributed by atoms with Crippen molar-refractivity contribution >= 4 is 28.9 Å². The third kappa shape index (κ3) is 7.39. The summed E-state index contributed by atoms with van der Waals surface area (Å²) < 4.78 is 57.7. The molecule has 4 rings (SSSR count). The Kier molecular flexibility index (Phi) is 9.51. The molecule has 42 heavy (non-hydrogen) atoms. The molecule has 1 amide bonds. The highest BCUT2D eigenvalue weighted by Gasteiger charge is 2.54. The fourth-order valence-electron chi connectivity index (χ4n) is 5.11. The molecule has 2 aromatic rings. The van der Waals surface area contributed by atoms with E-state index in [1.807, 2.05) is 41.5 Å². The highest BCUT2D eigenvalue weighted by Crippen LogP contribution is 2.38. The number of halogens is 1. The number of aromatic nitrogens is 2. The Hall–Kier alpha value is -2.81. The third-order valence-electron chi connectivity index (χ3n) is 8.23. The van der Waals surface area contributed by atoms with Gasteiger partial charge in [-0.15, -0.1) is 0 Å². The maximum atomic E-state index is 13.7. The first-order valence-electron chi connectivity index (χ1n) is 14.4. The highest BCUT2D eigenvalue weighted by atomic mass is 32.2. The van der Waals surface area contributed by atoms with E-state index in [9.17, 15) is 22.4 Å². The summed E-state index contributed by atoms with van der Waals surface area (Å²) in [6.07, 6.45) is 5.44. The quantitative estimate of drug-likeness (QED) is 0.353. The van der Waals surface area contributed by atoms with Crippen LogP contribution in [0.2, 0.25) is 0 Å². The minimum absolute atomic E-state index is 0.0788. The number of benzene rings is 1. The summed E-state index contributed by atoms with van der Waals surface area (Å²) in [7, 11) is -4.81. The molecule has 1 atom stereocenters. The van der Waals surface area contributed by atoms with E-state index in [1.165, 1.54) is 24.3 Å². The molecule has 2 heterocycles. The van der Waals surface area contributed by atoms with E-state index < -0.39 is 58.3 Å². The molecular weight excluding hydrogens is 564 g/mol. The van der Waals surface area contributed by atoms with E-state index in [1.54, 1.807) is 0 Å². The van der Waals surface area contributed by atoms with E-state index >= 15 is 0 Å². The molecule has 1 aliphatic carbocycles. The van der Waals surface area contributed by atoms with Crippen molar-refractivity contribution in [2.75, 3.05) is 4.72 Å². The lowest BCUT2D eigenvalue weighted by Gasteiger charge is -2.32. The van der Waals surface area contributed by atoms with Gasteiger partial charge in [-0.3, -0.25) is 18.9 Å². The first-order chi connectivity index (χ1) is 19.6. The molecule has 1 aromatic heterocycles. The second kappa shape index (κ2) is 12.4. The second-order valence-electron chi connectivity index (χ2n) is 12.4. The molecule has 2 aliphatic rings. The number of rotatable bonds is 10. The van der Waals surface area contributed by atoms with Gasteiger partial charge in [-0.2, -0.15) is 13.1 Å². The van der Waals surface area contributed by atoms with Gasteiger partial charge in [0.25, 0.3) is 15.8 Å². The lowest BCUT2D eigenvalue weighted by Crippen LogP contribution is -2.52. The first kappa shape index (κ1) is 32.1. The van der Waals surface area contributed by atoms with Crippen LogP contribution in [0.5, 0.6) is 0 Å². The maximum absolute atomic E-state index is 13.7. The molecule has 1 aliphatic heterocycles. The summed E-state index contributed by atoms with van der Waals surface area (Å²) in [5.41, 5.74) is -1.93. The molecule has 0 bridgehead atoms. The van der Waals surface area contributed by atoms with Crippen molar-refractivity contribution in [3.8, 4) is 11.4 Å². The van der Waals surface area contributed by atoms with Gasteiger partial charge in [-0.05, 0) is 70.7 Å². The van der Waals surface area contributed by atoms with Crippen LogP contribution in [0.15, 0.2) is 35.3 Å². The first-order valence-corrected chi connectivity index (χ1v) is 15.9. The molecule has 14 heteroatoms. The topological polar surface area (TPSA) is 141 Å². The molecule has 1 unspecified atom stereocenters. The summed E-state index contributed by atoms with van der Waals surface area (Å²) in [5.74, 6) is -1.56. The Bertz CT molecular complexity index is 1430. The number of amides is 1. The Labute approximate surface area is 247 Å². The van der Waals surface area contributed by atoms with E-state index in [0.29, 0.717) is 18.4 Å². The zero-order valence-electron chi connectivity index (χ0n) is 25.1. The van der Waals surface area contributed by atoms with Gasteiger partial charge in [-0.1, -0.05) is 33.1 Å². The van der Waals surface area contributed by atoms with Crippen molar-refractivity contribution in [1.82, 2.24) is 19.6 Å². The summed E-state index contributed by atoms with van der Waals surface area (Å²) in [4.78, 5) is 31.4. The molecule has 1 saturated heterocycles. The zero-order chi connectivity index (χ0) is 30.9. The van der Waals surface area contributed by atoms with Crippen molar-refractivity contribution in [1.29, 1.82) is 0 Å². The number of nitrogens with zero attached hydrogens (tertiary/aromatic N) is 2. The van der Waals surface area contributed by atoms with Crippen molar-refractivity contribution in [3.63, 3.8) is 0 Å². The van der Waals surface area contributed by atoms with Crippen molar-refractivity contribution in [2.45, 2.75) is 103 Å². The summed E-state index contributed by atoms with van der Waals surface area (Å²) in [5, 5.41) is 2.93. The largest absolute Gasteiger partial charge is 0.482 e. The molecule has 1 saturated carbocycles. The summed E-state index contributed by atoms with van der Waals surface area (Å²) in [6.45, 7) is 11.0. The standard InChI is InChI=1S/C28H41BFN5O6S/c1-18(2)24(29-40-27(3,4)28(5,6)41-29)32-23(36)17-35-25(19-12-14-20(30)15-13-19)31-16-22(26(35)37)34-42(38,39)33-21-10-8-7-9-11-21/h12-16,18,21,24,33-34H,7-11,17H2,1-6H3,(H,32,36). The number of carbonyl (C=O) groups is 1. The Morgan fingerprint density at radius 2 is 1.69 bits per heavy atom. The third-order valence-corrected chi connectivity index (χ3v) is 9.37. The minimum atomic E-state index is -4.09. The van der Waals surface area contributed by atoms with E-state index in [-0.39, 0.29) is 23.5 Å². The molecule has 2 fully saturated rings. The van der Waals surface area contributed by atoms with Gasteiger partial charge in [0.1, 0.15) is 23.9 Å². The molecular formula is C28H41BFN5O6S. The van der Waals surface area contributed by atoms with E-state index in [2.05, 4.69) is 19.7 Å². The summed E-state index contributed by atoms with van der Waals surface area (Å²) >= 11 is 0. The van der Waals surface area contributed by atoms with Crippen LogP contribution in [-0.4, -0.2) is 54.2 Å². The maximum Gasteiger partial charge on any atom is 0.482 e. The van der Waals surface area contributed by atoms with E-state index in [0.717, 1.165) is 30.0 Å². The molecule has 230 valence electrons. The lowest BCUT2D eigenvalue weighted by molar-refractivity contribution is -0.122. The molecule has 11 nitrogen and oxygen atoms in total. The van der Waals surface area contributed by atoms with Crippen LogP contribution < -0.4 is 20.3 Å². The average Bonchev–Trinajstić information content (AvgIpc) is 3.12. The summed E-state index contributed by atoms with van der Waals surface area (Å²) in [6, 6.07) is 5.06. The van der Waals surface area contributed by atoms with Crippen molar-refractivity contribution in [3.05, 3.63) is 46.6 Å².